The largest absolute Gasteiger partial charge is 0.416 e. The van der Waals surface area contributed by atoms with Crippen molar-refractivity contribution in [1.82, 2.24) is 10.2 Å². The van der Waals surface area contributed by atoms with Crippen LogP contribution in [-0.4, -0.2) is 42.3 Å². The molecule has 1 aromatic rings. The van der Waals surface area contributed by atoms with Crippen molar-refractivity contribution >= 4 is 0 Å². The molecule has 21 heavy (non-hydrogen) atoms. The van der Waals surface area contributed by atoms with Crippen molar-refractivity contribution < 1.29 is 18.3 Å². The molecule has 0 aliphatic rings. The normalized spacial score (nSPS) is 13.7. The van der Waals surface area contributed by atoms with Crippen LogP contribution in [0.2, 0.25) is 0 Å². The molecule has 1 rings (SSSR count). The molecule has 0 saturated carbocycles. The lowest BCUT2D eigenvalue weighted by Gasteiger charge is -2.22. The standard InChI is InChI=1S/C15H23F3N2O/c1-3-20(4-2)11-14(21)10-19-9-12-6-5-7-13(8-12)15(16,17)18/h5-8,14,19,21H,3-4,9-11H2,1-2H3. The number of likely N-dealkylation sites (N-methyl/N-ethyl adjacent to an activating group) is 1. The molecule has 0 saturated heterocycles. The van der Waals surface area contributed by atoms with Crippen molar-refractivity contribution in [3.05, 3.63) is 35.4 Å². The van der Waals surface area contributed by atoms with Gasteiger partial charge >= 0.3 is 6.18 Å². The molecule has 120 valence electrons. The van der Waals surface area contributed by atoms with E-state index in [0.717, 1.165) is 25.2 Å². The Labute approximate surface area is 123 Å². The van der Waals surface area contributed by atoms with Crippen LogP contribution in [0.25, 0.3) is 0 Å². The maximum Gasteiger partial charge on any atom is 0.416 e. The number of aliphatic hydroxyl groups is 1. The molecule has 3 nitrogen and oxygen atoms in total. The molecule has 0 aliphatic heterocycles. The van der Waals surface area contributed by atoms with Crippen LogP contribution in [0.3, 0.4) is 0 Å². The molecule has 0 radical (unpaired) electrons. The van der Waals surface area contributed by atoms with Crippen molar-refractivity contribution in [2.45, 2.75) is 32.7 Å². The Balaban J connectivity index is 2.42. The van der Waals surface area contributed by atoms with E-state index < -0.39 is 17.8 Å². The van der Waals surface area contributed by atoms with Crippen LogP contribution in [0, 0.1) is 0 Å². The number of benzene rings is 1. The van der Waals surface area contributed by atoms with E-state index in [-0.39, 0.29) is 0 Å². The van der Waals surface area contributed by atoms with Crippen molar-refractivity contribution in [1.29, 1.82) is 0 Å². The monoisotopic (exact) mass is 304 g/mol. The molecule has 1 unspecified atom stereocenters. The summed E-state index contributed by atoms with van der Waals surface area (Å²) in [5.74, 6) is 0. The third-order valence-corrected chi connectivity index (χ3v) is 3.33. The molecule has 1 aromatic carbocycles. The minimum Gasteiger partial charge on any atom is -0.390 e. The van der Waals surface area contributed by atoms with Gasteiger partial charge in [-0.25, -0.2) is 0 Å². The minimum atomic E-state index is -4.32. The van der Waals surface area contributed by atoms with Gasteiger partial charge in [-0.1, -0.05) is 32.0 Å². The van der Waals surface area contributed by atoms with Crippen molar-refractivity contribution in [3.8, 4) is 0 Å². The Bertz CT molecular complexity index is 420. The van der Waals surface area contributed by atoms with Crippen molar-refractivity contribution in [2.24, 2.45) is 0 Å². The lowest BCUT2D eigenvalue weighted by atomic mass is 10.1. The summed E-state index contributed by atoms with van der Waals surface area (Å²) in [4.78, 5) is 2.09. The van der Waals surface area contributed by atoms with Crippen LogP contribution < -0.4 is 5.32 Å². The van der Waals surface area contributed by atoms with Gasteiger partial charge in [0.2, 0.25) is 0 Å². The van der Waals surface area contributed by atoms with Gasteiger partial charge in [0.25, 0.3) is 0 Å². The van der Waals surface area contributed by atoms with Crippen LogP contribution in [0.1, 0.15) is 25.0 Å². The van der Waals surface area contributed by atoms with E-state index in [0.29, 0.717) is 25.2 Å². The predicted octanol–water partition coefficient (Wildman–Crippen LogP) is 2.50. The van der Waals surface area contributed by atoms with Crippen LogP contribution in [0.4, 0.5) is 13.2 Å². The van der Waals surface area contributed by atoms with Crippen LogP contribution in [0.15, 0.2) is 24.3 Å². The van der Waals surface area contributed by atoms with Crippen molar-refractivity contribution in [3.63, 3.8) is 0 Å². The number of aliphatic hydroxyl groups excluding tert-OH is 1. The highest BCUT2D eigenvalue weighted by atomic mass is 19.4. The summed E-state index contributed by atoms with van der Waals surface area (Å²) < 4.78 is 37.7. The number of hydrogen-bond acceptors (Lipinski definition) is 3. The van der Waals surface area contributed by atoms with Gasteiger partial charge in [-0.3, -0.25) is 0 Å². The number of hydrogen-bond donors (Lipinski definition) is 2. The zero-order valence-electron chi connectivity index (χ0n) is 12.5. The van der Waals surface area contributed by atoms with Crippen molar-refractivity contribution in [2.75, 3.05) is 26.2 Å². The molecule has 6 heteroatoms. The van der Waals surface area contributed by atoms with E-state index in [1.165, 1.54) is 6.07 Å². The highest BCUT2D eigenvalue weighted by molar-refractivity contribution is 5.25. The molecular formula is C15H23F3N2O. The smallest absolute Gasteiger partial charge is 0.390 e. The summed E-state index contributed by atoms with van der Waals surface area (Å²) >= 11 is 0. The van der Waals surface area contributed by atoms with Gasteiger partial charge in [0, 0.05) is 19.6 Å². The van der Waals surface area contributed by atoms with Gasteiger partial charge in [0.1, 0.15) is 0 Å². The lowest BCUT2D eigenvalue weighted by Crippen LogP contribution is -2.38. The molecule has 0 amide bonds. The van der Waals surface area contributed by atoms with Gasteiger partial charge < -0.3 is 15.3 Å². The van der Waals surface area contributed by atoms with E-state index >= 15 is 0 Å². The van der Waals surface area contributed by atoms with Gasteiger partial charge in [-0.15, -0.1) is 0 Å². The maximum absolute atomic E-state index is 12.6. The molecule has 0 aromatic heterocycles. The van der Waals surface area contributed by atoms with Gasteiger partial charge in [0.15, 0.2) is 0 Å². The Kier molecular flexibility index (Phi) is 7.14. The third kappa shape index (κ3) is 6.46. The average Bonchev–Trinajstić information content (AvgIpc) is 2.44. The van der Waals surface area contributed by atoms with E-state index in [2.05, 4.69) is 10.2 Å². The second kappa shape index (κ2) is 8.36. The highest BCUT2D eigenvalue weighted by Gasteiger charge is 2.30. The quantitative estimate of drug-likeness (QED) is 0.774. The predicted molar refractivity (Wildman–Crippen MR) is 76.9 cm³/mol. The van der Waals surface area contributed by atoms with E-state index in [9.17, 15) is 18.3 Å². The lowest BCUT2D eigenvalue weighted by molar-refractivity contribution is -0.137. The Morgan fingerprint density at radius 3 is 2.48 bits per heavy atom. The fraction of sp³-hybridized carbons (Fsp3) is 0.600. The first-order valence-electron chi connectivity index (χ1n) is 7.14. The number of nitrogens with one attached hydrogen (secondary N) is 1. The number of halogens is 3. The average molecular weight is 304 g/mol. The molecule has 0 fully saturated rings. The second-order valence-corrected chi connectivity index (χ2v) is 4.97. The summed E-state index contributed by atoms with van der Waals surface area (Å²) in [7, 11) is 0. The molecule has 1 atom stereocenters. The van der Waals surface area contributed by atoms with E-state index in [1.807, 2.05) is 13.8 Å². The third-order valence-electron chi connectivity index (χ3n) is 3.33. The fourth-order valence-corrected chi connectivity index (χ4v) is 2.09. The number of rotatable bonds is 8. The van der Waals surface area contributed by atoms with Gasteiger partial charge in [-0.05, 0) is 24.7 Å². The topological polar surface area (TPSA) is 35.5 Å². The first kappa shape index (κ1) is 17.9. The summed E-state index contributed by atoms with van der Waals surface area (Å²) in [6.45, 7) is 6.98. The van der Waals surface area contributed by atoms with Crippen LogP contribution in [-0.2, 0) is 12.7 Å². The Morgan fingerprint density at radius 2 is 1.90 bits per heavy atom. The molecule has 2 N–H and O–H groups in total. The van der Waals surface area contributed by atoms with Gasteiger partial charge in [-0.2, -0.15) is 13.2 Å². The first-order valence-corrected chi connectivity index (χ1v) is 7.14. The van der Waals surface area contributed by atoms with Crippen LogP contribution >= 0.6 is 0 Å². The fourth-order valence-electron chi connectivity index (χ4n) is 2.09. The van der Waals surface area contributed by atoms with Crippen LogP contribution in [0.5, 0.6) is 0 Å². The number of nitrogens with zero attached hydrogens (tertiary/aromatic N) is 1. The molecule has 0 heterocycles. The highest BCUT2D eigenvalue weighted by Crippen LogP contribution is 2.29. The zero-order chi connectivity index (χ0) is 15.9. The molecule has 0 bridgehead atoms. The zero-order valence-corrected chi connectivity index (χ0v) is 12.5. The second-order valence-electron chi connectivity index (χ2n) is 4.97. The summed E-state index contributed by atoms with van der Waals surface area (Å²) in [6.07, 6.45) is -4.85. The molecular weight excluding hydrogens is 281 g/mol. The minimum absolute atomic E-state index is 0.305. The Hall–Kier alpha value is -1.11. The Morgan fingerprint density at radius 1 is 1.24 bits per heavy atom. The maximum atomic E-state index is 12.6. The first-order chi connectivity index (χ1) is 9.86. The number of alkyl halides is 3. The summed E-state index contributed by atoms with van der Waals surface area (Å²) in [6, 6.07) is 5.22. The van der Waals surface area contributed by atoms with E-state index in [1.54, 1.807) is 6.07 Å². The van der Waals surface area contributed by atoms with E-state index in [4.69, 9.17) is 0 Å². The summed E-state index contributed by atoms with van der Waals surface area (Å²) in [5, 5.41) is 12.8. The summed E-state index contributed by atoms with van der Waals surface area (Å²) in [5.41, 5.74) is -0.0923. The molecule has 0 aliphatic carbocycles. The SMILES string of the molecule is CCN(CC)CC(O)CNCc1cccc(C(F)(F)F)c1. The molecule has 0 spiro atoms. The van der Waals surface area contributed by atoms with Gasteiger partial charge in [0.05, 0.1) is 11.7 Å².